The summed E-state index contributed by atoms with van der Waals surface area (Å²) >= 11 is 0. The monoisotopic (exact) mass is 344 g/mol. The Bertz CT molecular complexity index is 573. The Balaban J connectivity index is 1.34. The highest BCUT2D eigenvalue weighted by Gasteiger charge is 2.16. The number of carbonyl (C=O) groups is 1. The number of piperidine rings is 1. The number of likely N-dealkylation sites (tertiary alicyclic amines) is 1. The van der Waals surface area contributed by atoms with Gasteiger partial charge in [0.2, 0.25) is 0 Å². The molecule has 1 aliphatic heterocycles. The molecule has 2 aliphatic rings. The zero-order valence-electron chi connectivity index (χ0n) is 15.6. The molecule has 4 heteroatoms. The number of hydrogen-bond acceptors (Lipinski definition) is 3. The molecule has 0 radical (unpaired) electrons. The van der Waals surface area contributed by atoms with Crippen molar-refractivity contribution < 1.29 is 9.53 Å². The van der Waals surface area contributed by atoms with E-state index in [0.29, 0.717) is 0 Å². The minimum atomic E-state index is -0.0135. The normalized spacial score (nSPS) is 20.8. The second kappa shape index (κ2) is 9.23. The maximum absolute atomic E-state index is 12.0. The fourth-order valence-corrected chi connectivity index (χ4v) is 4.10. The molecule has 4 nitrogen and oxygen atoms in total. The molecule has 1 saturated heterocycles. The van der Waals surface area contributed by atoms with E-state index in [1.165, 1.54) is 49.9 Å². The summed E-state index contributed by atoms with van der Waals surface area (Å²) in [5.74, 6) is 1.70. The zero-order chi connectivity index (χ0) is 17.5. The molecule has 0 spiro atoms. The predicted octanol–water partition coefficient (Wildman–Crippen LogP) is 3.18. The van der Waals surface area contributed by atoms with Gasteiger partial charge in [0, 0.05) is 13.1 Å². The molecule has 0 bridgehead atoms. The molecule has 1 atom stereocenters. The molecule has 138 valence electrons. The van der Waals surface area contributed by atoms with E-state index in [1.54, 1.807) is 0 Å². The second-order valence-corrected chi connectivity index (χ2v) is 7.64. The van der Waals surface area contributed by atoms with Crippen molar-refractivity contribution in [3.63, 3.8) is 0 Å². The Morgan fingerprint density at radius 2 is 2.16 bits per heavy atom. The molecular formula is C21H32N2O2. The van der Waals surface area contributed by atoms with Crippen LogP contribution in [0, 0.1) is 5.92 Å². The standard InChI is InChI=1S/C21H32N2O2/c1-17-7-5-13-23(15-17)14-6-12-22-21(24)16-25-20-11-4-9-18-8-2-3-10-19(18)20/h4,9,11,17H,2-3,5-8,10,12-16H2,1H3,(H,22,24)/t17-/m1/s1. The number of ether oxygens (including phenoxy) is 1. The van der Waals surface area contributed by atoms with Crippen LogP contribution in [0.25, 0.3) is 0 Å². The first-order valence-corrected chi connectivity index (χ1v) is 9.95. The van der Waals surface area contributed by atoms with E-state index in [9.17, 15) is 4.79 Å². The highest BCUT2D eigenvalue weighted by atomic mass is 16.5. The van der Waals surface area contributed by atoms with E-state index in [1.807, 2.05) is 12.1 Å². The summed E-state index contributed by atoms with van der Waals surface area (Å²) in [6, 6.07) is 6.22. The molecule has 0 aromatic heterocycles. The lowest BCUT2D eigenvalue weighted by Gasteiger charge is -2.30. The van der Waals surface area contributed by atoms with Crippen LogP contribution in [0.1, 0.15) is 50.2 Å². The molecule has 1 aliphatic carbocycles. The second-order valence-electron chi connectivity index (χ2n) is 7.64. The lowest BCUT2D eigenvalue weighted by molar-refractivity contribution is -0.123. The molecule has 1 aromatic carbocycles. The third kappa shape index (κ3) is 5.46. The third-order valence-electron chi connectivity index (χ3n) is 5.43. The summed E-state index contributed by atoms with van der Waals surface area (Å²) in [5, 5.41) is 2.99. The maximum atomic E-state index is 12.0. The largest absolute Gasteiger partial charge is 0.483 e. The predicted molar refractivity (Wildman–Crippen MR) is 101 cm³/mol. The topological polar surface area (TPSA) is 41.6 Å². The quantitative estimate of drug-likeness (QED) is 0.773. The molecular weight excluding hydrogens is 312 g/mol. The Morgan fingerprint density at radius 3 is 3.04 bits per heavy atom. The average Bonchev–Trinajstić information content (AvgIpc) is 2.63. The number of carbonyl (C=O) groups excluding carboxylic acids is 1. The molecule has 3 rings (SSSR count). The molecule has 1 amide bonds. The van der Waals surface area contributed by atoms with Crippen molar-refractivity contribution >= 4 is 5.91 Å². The number of rotatable bonds is 7. The highest BCUT2D eigenvalue weighted by molar-refractivity contribution is 5.77. The summed E-state index contributed by atoms with van der Waals surface area (Å²) in [4.78, 5) is 14.6. The van der Waals surface area contributed by atoms with Crippen molar-refractivity contribution in [2.24, 2.45) is 5.92 Å². The number of benzene rings is 1. The summed E-state index contributed by atoms with van der Waals surface area (Å²) in [5.41, 5.74) is 2.70. The SMILES string of the molecule is C[C@@H]1CCCN(CCCNC(=O)COc2cccc3c2CCCC3)C1. The number of aryl methyl sites for hydroxylation is 1. The van der Waals surface area contributed by atoms with E-state index in [2.05, 4.69) is 23.2 Å². The Labute approximate surface area is 151 Å². The fourth-order valence-electron chi connectivity index (χ4n) is 4.10. The fraction of sp³-hybridized carbons (Fsp3) is 0.667. The van der Waals surface area contributed by atoms with E-state index in [4.69, 9.17) is 4.74 Å². The van der Waals surface area contributed by atoms with Gasteiger partial charge in [-0.15, -0.1) is 0 Å². The van der Waals surface area contributed by atoms with Crippen LogP contribution in [-0.4, -0.2) is 43.6 Å². The molecule has 1 aromatic rings. The maximum Gasteiger partial charge on any atom is 0.257 e. The van der Waals surface area contributed by atoms with Crippen LogP contribution in [0.4, 0.5) is 0 Å². The molecule has 0 unspecified atom stereocenters. The first kappa shape index (κ1) is 18.2. The minimum Gasteiger partial charge on any atom is -0.483 e. The van der Waals surface area contributed by atoms with Gasteiger partial charge in [-0.25, -0.2) is 0 Å². The van der Waals surface area contributed by atoms with Crippen LogP contribution < -0.4 is 10.1 Å². The summed E-state index contributed by atoms with van der Waals surface area (Å²) in [6.07, 6.45) is 8.35. The van der Waals surface area contributed by atoms with Crippen LogP contribution in [0.5, 0.6) is 5.75 Å². The van der Waals surface area contributed by atoms with Crippen LogP contribution in [-0.2, 0) is 17.6 Å². The number of nitrogens with zero attached hydrogens (tertiary/aromatic N) is 1. The Hall–Kier alpha value is -1.55. The van der Waals surface area contributed by atoms with Gasteiger partial charge in [0.1, 0.15) is 5.75 Å². The van der Waals surface area contributed by atoms with E-state index < -0.39 is 0 Å². The van der Waals surface area contributed by atoms with Gasteiger partial charge in [0.05, 0.1) is 0 Å². The Morgan fingerprint density at radius 1 is 1.28 bits per heavy atom. The van der Waals surface area contributed by atoms with Gasteiger partial charge in [-0.05, 0) is 81.1 Å². The van der Waals surface area contributed by atoms with Crippen molar-refractivity contribution in [2.45, 2.75) is 51.9 Å². The van der Waals surface area contributed by atoms with E-state index in [0.717, 1.165) is 44.0 Å². The van der Waals surface area contributed by atoms with Crippen LogP contribution in [0.3, 0.4) is 0 Å². The van der Waals surface area contributed by atoms with Gasteiger partial charge in [-0.2, -0.15) is 0 Å². The lowest BCUT2D eigenvalue weighted by Crippen LogP contribution is -2.37. The van der Waals surface area contributed by atoms with Gasteiger partial charge in [0.25, 0.3) is 5.91 Å². The first-order chi connectivity index (χ1) is 12.2. The summed E-state index contributed by atoms with van der Waals surface area (Å²) in [7, 11) is 0. The summed E-state index contributed by atoms with van der Waals surface area (Å²) < 4.78 is 5.80. The molecule has 1 fully saturated rings. The smallest absolute Gasteiger partial charge is 0.257 e. The molecule has 1 N–H and O–H groups in total. The van der Waals surface area contributed by atoms with Crippen molar-refractivity contribution in [1.82, 2.24) is 10.2 Å². The first-order valence-electron chi connectivity index (χ1n) is 9.95. The molecule has 0 saturated carbocycles. The van der Waals surface area contributed by atoms with Crippen molar-refractivity contribution in [3.8, 4) is 5.75 Å². The number of amides is 1. The van der Waals surface area contributed by atoms with Crippen LogP contribution in [0.2, 0.25) is 0 Å². The lowest BCUT2D eigenvalue weighted by atomic mass is 9.91. The van der Waals surface area contributed by atoms with Gasteiger partial charge < -0.3 is 15.0 Å². The van der Waals surface area contributed by atoms with Crippen molar-refractivity contribution in [1.29, 1.82) is 0 Å². The third-order valence-corrected chi connectivity index (χ3v) is 5.43. The van der Waals surface area contributed by atoms with E-state index in [-0.39, 0.29) is 12.5 Å². The Kier molecular flexibility index (Phi) is 6.74. The van der Waals surface area contributed by atoms with E-state index >= 15 is 0 Å². The molecule has 25 heavy (non-hydrogen) atoms. The molecule has 1 heterocycles. The highest BCUT2D eigenvalue weighted by Crippen LogP contribution is 2.29. The van der Waals surface area contributed by atoms with Gasteiger partial charge in [0.15, 0.2) is 6.61 Å². The average molecular weight is 344 g/mol. The van der Waals surface area contributed by atoms with Crippen LogP contribution >= 0.6 is 0 Å². The van der Waals surface area contributed by atoms with Gasteiger partial charge in [-0.3, -0.25) is 4.79 Å². The van der Waals surface area contributed by atoms with Crippen molar-refractivity contribution in [2.75, 3.05) is 32.8 Å². The van der Waals surface area contributed by atoms with Gasteiger partial charge >= 0.3 is 0 Å². The number of nitrogens with one attached hydrogen (secondary N) is 1. The zero-order valence-corrected chi connectivity index (χ0v) is 15.6. The van der Waals surface area contributed by atoms with Crippen LogP contribution in [0.15, 0.2) is 18.2 Å². The van der Waals surface area contributed by atoms with Gasteiger partial charge in [-0.1, -0.05) is 19.1 Å². The van der Waals surface area contributed by atoms with Crippen molar-refractivity contribution in [3.05, 3.63) is 29.3 Å². The number of fused-ring (bicyclic) bond motifs is 1. The minimum absolute atomic E-state index is 0.0135. The number of hydrogen-bond donors (Lipinski definition) is 1. The summed E-state index contributed by atoms with van der Waals surface area (Å²) in [6.45, 7) is 6.68.